The maximum absolute atomic E-state index is 5.84. The summed E-state index contributed by atoms with van der Waals surface area (Å²) < 4.78 is 16.1. The highest BCUT2D eigenvalue weighted by Crippen LogP contribution is 2.25. The smallest absolute Gasteiger partial charge is 0.125 e. The van der Waals surface area contributed by atoms with E-state index in [0.717, 1.165) is 28.9 Å². The molecular weight excluding hydrogens is 264 g/mol. The molecule has 0 aliphatic heterocycles. The second kappa shape index (κ2) is 9.18. The van der Waals surface area contributed by atoms with E-state index in [9.17, 15) is 0 Å². The van der Waals surface area contributed by atoms with Gasteiger partial charge in [-0.05, 0) is 30.5 Å². The first-order valence-electron chi connectivity index (χ1n) is 6.54. The first-order valence-corrected chi connectivity index (χ1v) is 7.08. The van der Waals surface area contributed by atoms with Gasteiger partial charge in [0.05, 0.1) is 19.8 Å². The number of aryl methyl sites for hydroxylation is 2. The quantitative estimate of drug-likeness (QED) is 0.514. The van der Waals surface area contributed by atoms with Crippen molar-refractivity contribution < 1.29 is 14.2 Å². The third-order valence-corrected chi connectivity index (χ3v) is 3.09. The lowest BCUT2D eigenvalue weighted by molar-refractivity contribution is 0.0643. The summed E-state index contributed by atoms with van der Waals surface area (Å²) in [4.78, 5) is 0. The SMILES string of the molecule is COCCOCCCOc1c(C)cc(CCl)cc1C. The van der Waals surface area contributed by atoms with Gasteiger partial charge in [-0.2, -0.15) is 0 Å². The van der Waals surface area contributed by atoms with Crippen LogP contribution < -0.4 is 4.74 Å². The minimum Gasteiger partial charge on any atom is -0.493 e. The van der Waals surface area contributed by atoms with Gasteiger partial charge in [-0.1, -0.05) is 12.1 Å². The van der Waals surface area contributed by atoms with Gasteiger partial charge >= 0.3 is 0 Å². The molecule has 1 aromatic rings. The summed E-state index contributed by atoms with van der Waals surface area (Å²) in [5, 5.41) is 0. The number of ether oxygens (including phenoxy) is 3. The lowest BCUT2D eigenvalue weighted by atomic mass is 10.1. The number of hydrogen-bond acceptors (Lipinski definition) is 3. The van der Waals surface area contributed by atoms with Gasteiger partial charge in [0, 0.05) is 26.0 Å². The summed E-state index contributed by atoms with van der Waals surface area (Å²) in [5.74, 6) is 1.50. The van der Waals surface area contributed by atoms with E-state index in [4.69, 9.17) is 25.8 Å². The molecule has 0 radical (unpaired) electrons. The minimum atomic E-state index is 0.537. The van der Waals surface area contributed by atoms with E-state index in [1.165, 1.54) is 0 Å². The van der Waals surface area contributed by atoms with Crippen molar-refractivity contribution in [1.29, 1.82) is 0 Å². The molecule has 0 unspecified atom stereocenters. The third kappa shape index (κ3) is 5.81. The molecular formula is C15H23ClO3. The van der Waals surface area contributed by atoms with Crippen molar-refractivity contribution in [2.24, 2.45) is 0 Å². The molecule has 0 atom stereocenters. The van der Waals surface area contributed by atoms with E-state index in [1.807, 2.05) is 13.8 Å². The molecule has 0 bridgehead atoms. The summed E-state index contributed by atoms with van der Waals surface area (Å²) in [7, 11) is 1.67. The zero-order valence-electron chi connectivity index (χ0n) is 12.0. The summed E-state index contributed by atoms with van der Waals surface area (Å²) in [5.41, 5.74) is 3.40. The van der Waals surface area contributed by atoms with Crippen LogP contribution in [-0.4, -0.2) is 33.5 Å². The average Bonchev–Trinajstić information content (AvgIpc) is 2.40. The van der Waals surface area contributed by atoms with Crippen LogP contribution in [0.25, 0.3) is 0 Å². The highest BCUT2D eigenvalue weighted by molar-refractivity contribution is 6.17. The Morgan fingerprint density at radius 1 is 1.00 bits per heavy atom. The van der Waals surface area contributed by atoms with E-state index < -0.39 is 0 Å². The van der Waals surface area contributed by atoms with Gasteiger partial charge < -0.3 is 14.2 Å². The Bertz CT molecular complexity index is 357. The lowest BCUT2D eigenvalue weighted by Gasteiger charge is -2.13. The van der Waals surface area contributed by atoms with E-state index in [2.05, 4.69) is 12.1 Å². The molecule has 0 spiro atoms. The van der Waals surface area contributed by atoms with Crippen LogP contribution in [0, 0.1) is 13.8 Å². The largest absolute Gasteiger partial charge is 0.493 e. The lowest BCUT2D eigenvalue weighted by Crippen LogP contribution is -2.07. The predicted molar refractivity (Wildman–Crippen MR) is 78.3 cm³/mol. The average molecular weight is 287 g/mol. The van der Waals surface area contributed by atoms with Crippen LogP contribution in [0.3, 0.4) is 0 Å². The van der Waals surface area contributed by atoms with Crippen molar-refractivity contribution in [2.75, 3.05) is 33.5 Å². The van der Waals surface area contributed by atoms with E-state index in [1.54, 1.807) is 7.11 Å². The summed E-state index contributed by atoms with van der Waals surface area (Å²) in [6.07, 6.45) is 0.875. The normalized spacial score (nSPS) is 10.7. The molecule has 0 amide bonds. The second-order valence-corrected chi connectivity index (χ2v) is 4.77. The Morgan fingerprint density at radius 3 is 2.26 bits per heavy atom. The van der Waals surface area contributed by atoms with Gasteiger partial charge in [0.25, 0.3) is 0 Å². The number of halogens is 1. The molecule has 0 aromatic heterocycles. The van der Waals surface area contributed by atoms with Crippen molar-refractivity contribution in [3.63, 3.8) is 0 Å². The van der Waals surface area contributed by atoms with Crippen LogP contribution in [0.15, 0.2) is 12.1 Å². The third-order valence-electron chi connectivity index (χ3n) is 2.79. The van der Waals surface area contributed by atoms with Crippen molar-refractivity contribution in [3.05, 3.63) is 28.8 Å². The molecule has 0 saturated carbocycles. The monoisotopic (exact) mass is 286 g/mol. The topological polar surface area (TPSA) is 27.7 Å². The van der Waals surface area contributed by atoms with Gasteiger partial charge in [0.15, 0.2) is 0 Å². The Hall–Kier alpha value is -0.770. The Morgan fingerprint density at radius 2 is 1.68 bits per heavy atom. The van der Waals surface area contributed by atoms with Gasteiger partial charge in [0.2, 0.25) is 0 Å². The zero-order valence-corrected chi connectivity index (χ0v) is 12.8. The van der Waals surface area contributed by atoms with Crippen LogP contribution in [0.4, 0.5) is 0 Å². The number of methoxy groups -OCH3 is 1. The number of alkyl halides is 1. The van der Waals surface area contributed by atoms with Crippen LogP contribution in [-0.2, 0) is 15.4 Å². The molecule has 19 heavy (non-hydrogen) atoms. The molecule has 0 aliphatic rings. The van der Waals surface area contributed by atoms with Gasteiger partial charge in [-0.3, -0.25) is 0 Å². The molecule has 0 fully saturated rings. The van der Waals surface area contributed by atoms with Crippen LogP contribution in [0.1, 0.15) is 23.1 Å². The fraction of sp³-hybridized carbons (Fsp3) is 0.600. The standard InChI is InChI=1S/C15H23ClO3/c1-12-9-14(11-16)10-13(2)15(12)19-6-4-5-18-8-7-17-3/h9-10H,4-8,11H2,1-3H3. The number of rotatable bonds is 9. The van der Waals surface area contributed by atoms with Crippen molar-refractivity contribution in [3.8, 4) is 5.75 Å². The van der Waals surface area contributed by atoms with Crippen molar-refractivity contribution in [2.45, 2.75) is 26.1 Å². The van der Waals surface area contributed by atoms with Gasteiger partial charge in [0.1, 0.15) is 5.75 Å². The molecule has 4 heteroatoms. The molecule has 0 N–H and O–H groups in total. The Balaban J connectivity index is 2.33. The maximum atomic E-state index is 5.84. The van der Waals surface area contributed by atoms with Gasteiger partial charge in [-0.25, -0.2) is 0 Å². The molecule has 0 aliphatic carbocycles. The molecule has 0 heterocycles. The van der Waals surface area contributed by atoms with E-state index in [0.29, 0.717) is 32.3 Å². The summed E-state index contributed by atoms with van der Waals surface area (Å²) in [6, 6.07) is 4.15. The molecule has 108 valence electrons. The zero-order chi connectivity index (χ0) is 14.1. The highest BCUT2D eigenvalue weighted by atomic mass is 35.5. The Labute approximate surface area is 120 Å². The second-order valence-electron chi connectivity index (χ2n) is 4.50. The molecule has 3 nitrogen and oxygen atoms in total. The summed E-state index contributed by atoms with van der Waals surface area (Å²) in [6.45, 7) is 6.73. The van der Waals surface area contributed by atoms with Crippen LogP contribution in [0.2, 0.25) is 0 Å². The van der Waals surface area contributed by atoms with Gasteiger partial charge in [-0.15, -0.1) is 11.6 Å². The predicted octanol–water partition coefficient (Wildman–Crippen LogP) is 3.47. The molecule has 0 saturated heterocycles. The highest BCUT2D eigenvalue weighted by Gasteiger charge is 2.06. The van der Waals surface area contributed by atoms with Crippen LogP contribution >= 0.6 is 11.6 Å². The molecule has 1 aromatic carbocycles. The fourth-order valence-corrected chi connectivity index (χ4v) is 2.08. The maximum Gasteiger partial charge on any atom is 0.125 e. The van der Waals surface area contributed by atoms with Crippen LogP contribution in [0.5, 0.6) is 5.75 Å². The number of benzene rings is 1. The van der Waals surface area contributed by atoms with E-state index >= 15 is 0 Å². The summed E-state index contributed by atoms with van der Waals surface area (Å²) >= 11 is 5.84. The Kier molecular flexibility index (Phi) is 7.87. The van der Waals surface area contributed by atoms with Crippen molar-refractivity contribution >= 4 is 11.6 Å². The van der Waals surface area contributed by atoms with E-state index in [-0.39, 0.29) is 0 Å². The minimum absolute atomic E-state index is 0.537. The molecule has 1 rings (SSSR count). The first-order chi connectivity index (χ1) is 9.19. The fourth-order valence-electron chi connectivity index (χ4n) is 1.92. The first kappa shape index (κ1) is 16.3. The van der Waals surface area contributed by atoms with Crippen molar-refractivity contribution in [1.82, 2.24) is 0 Å². The number of hydrogen-bond donors (Lipinski definition) is 0.